The van der Waals surface area contributed by atoms with E-state index >= 15 is 0 Å². The normalized spacial score (nSPS) is 11.0. The molecule has 0 bridgehead atoms. The predicted octanol–water partition coefficient (Wildman–Crippen LogP) is 5.24. The first-order chi connectivity index (χ1) is 15.5. The lowest BCUT2D eigenvalue weighted by molar-refractivity contribution is 0.0728. The maximum atomic E-state index is 13.2. The van der Waals surface area contributed by atoms with Crippen LogP contribution in [0.2, 0.25) is 5.02 Å². The summed E-state index contributed by atoms with van der Waals surface area (Å²) in [5.74, 6) is 0.606. The average Bonchev–Trinajstić information content (AvgIpc) is 3.39. The van der Waals surface area contributed by atoms with Crippen LogP contribution in [0.4, 0.5) is 0 Å². The molecule has 2 heterocycles. The minimum atomic E-state index is -0.0933. The molecular formula is C24H24ClN5O2. The molecule has 8 heteroatoms. The third-order valence-corrected chi connectivity index (χ3v) is 5.38. The van der Waals surface area contributed by atoms with E-state index in [1.54, 1.807) is 11.0 Å². The molecule has 0 radical (unpaired) electrons. The third kappa shape index (κ3) is 4.57. The van der Waals surface area contributed by atoms with Gasteiger partial charge in [0.05, 0.1) is 28.5 Å². The minimum absolute atomic E-state index is 0.0933. The van der Waals surface area contributed by atoms with E-state index in [-0.39, 0.29) is 12.5 Å². The Hall–Kier alpha value is -3.45. The number of aryl methyl sites for hydroxylation is 2. The van der Waals surface area contributed by atoms with Crippen LogP contribution >= 0.6 is 11.6 Å². The van der Waals surface area contributed by atoms with Crippen molar-refractivity contribution in [3.63, 3.8) is 0 Å². The molecule has 0 saturated carbocycles. The SMILES string of the molecule is CCCN(Cc1nnc(-c2ccccc2Cl)o1)C(=O)c1ccc(-n2nc(C)cc2C)cc1. The summed E-state index contributed by atoms with van der Waals surface area (Å²) in [4.78, 5) is 14.9. The molecule has 0 saturated heterocycles. The van der Waals surface area contributed by atoms with Gasteiger partial charge in [-0.2, -0.15) is 5.10 Å². The summed E-state index contributed by atoms with van der Waals surface area (Å²) in [6, 6.07) is 16.7. The van der Waals surface area contributed by atoms with Crippen LogP contribution in [0, 0.1) is 13.8 Å². The van der Waals surface area contributed by atoms with Gasteiger partial charge in [0, 0.05) is 17.8 Å². The van der Waals surface area contributed by atoms with Crippen molar-refractivity contribution in [3.05, 3.63) is 82.5 Å². The second-order valence-corrected chi connectivity index (χ2v) is 8.00. The first-order valence-corrected chi connectivity index (χ1v) is 10.8. The first kappa shape index (κ1) is 21.8. The molecule has 164 valence electrons. The molecule has 2 aromatic heterocycles. The number of aromatic nitrogens is 4. The van der Waals surface area contributed by atoms with Gasteiger partial charge in [0.25, 0.3) is 5.91 Å². The molecule has 0 aliphatic heterocycles. The second kappa shape index (κ2) is 9.36. The highest BCUT2D eigenvalue weighted by Crippen LogP contribution is 2.26. The highest BCUT2D eigenvalue weighted by molar-refractivity contribution is 6.33. The van der Waals surface area contributed by atoms with Crippen molar-refractivity contribution in [3.8, 4) is 17.1 Å². The summed E-state index contributed by atoms with van der Waals surface area (Å²) < 4.78 is 7.66. The Morgan fingerprint density at radius 1 is 1.09 bits per heavy atom. The number of halogens is 1. The largest absolute Gasteiger partial charge is 0.419 e. The van der Waals surface area contributed by atoms with Crippen molar-refractivity contribution in [2.24, 2.45) is 0 Å². The Morgan fingerprint density at radius 2 is 1.84 bits per heavy atom. The Labute approximate surface area is 191 Å². The molecule has 32 heavy (non-hydrogen) atoms. The van der Waals surface area contributed by atoms with Gasteiger partial charge in [-0.05, 0) is 62.7 Å². The van der Waals surface area contributed by atoms with Crippen LogP contribution < -0.4 is 0 Å². The van der Waals surface area contributed by atoms with Crippen molar-refractivity contribution in [2.75, 3.05) is 6.54 Å². The van der Waals surface area contributed by atoms with Crippen LogP contribution in [-0.4, -0.2) is 37.3 Å². The summed E-state index contributed by atoms with van der Waals surface area (Å²) in [6.07, 6.45) is 0.807. The van der Waals surface area contributed by atoms with E-state index in [2.05, 4.69) is 15.3 Å². The standard InChI is InChI=1S/C24H24ClN5O2/c1-4-13-29(15-22-26-27-23(32-22)20-7-5-6-8-21(20)25)24(31)18-9-11-19(12-10-18)30-17(3)14-16(2)28-30/h5-12,14H,4,13,15H2,1-3H3. The van der Waals surface area contributed by atoms with Crippen molar-refractivity contribution in [2.45, 2.75) is 33.7 Å². The molecule has 7 nitrogen and oxygen atoms in total. The summed E-state index contributed by atoms with van der Waals surface area (Å²) in [5, 5.41) is 13.2. The van der Waals surface area contributed by atoms with Gasteiger partial charge in [0.2, 0.25) is 11.8 Å². The van der Waals surface area contributed by atoms with Crippen molar-refractivity contribution >= 4 is 17.5 Å². The van der Waals surface area contributed by atoms with E-state index in [0.29, 0.717) is 34.5 Å². The van der Waals surface area contributed by atoms with Gasteiger partial charge in [-0.3, -0.25) is 4.79 Å². The monoisotopic (exact) mass is 449 g/mol. The van der Waals surface area contributed by atoms with Crippen LogP contribution in [0.5, 0.6) is 0 Å². The first-order valence-electron chi connectivity index (χ1n) is 10.5. The summed E-state index contributed by atoms with van der Waals surface area (Å²) >= 11 is 6.22. The summed E-state index contributed by atoms with van der Waals surface area (Å²) in [7, 11) is 0. The molecule has 2 aromatic carbocycles. The Morgan fingerprint density at radius 3 is 2.50 bits per heavy atom. The second-order valence-electron chi connectivity index (χ2n) is 7.59. The molecule has 1 amide bonds. The van der Waals surface area contributed by atoms with E-state index in [9.17, 15) is 4.79 Å². The lowest BCUT2D eigenvalue weighted by Crippen LogP contribution is -2.31. The fourth-order valence-corrected chi connectivity index (χ4v) is 3.78. The smallest absolute Gasteiger partial charge is 0.254 e. The van der Waals surface area contributed by atoms with Gasteiger partial charge in [-0.25, -0.2) is 4.68 Å². The molecule has 0 aliphatic carbocycles. The highest BCUT2D eigenvalue weighted by Gasteiger charge is 2.20. The lowest BCUT2D eigenvalue weighted by Gasteiger charge is -2.20. The van der Waals surface area contributed by atoms with Gasteiger partial charge in [-0.15, -0.1) is 10.2 Å². The lowest BCUT2D eigenvalue weighted by atomic mass is 10.1. The van der Waals surface area contributed by atoms with Crippen molar-refractivity contribution in [1.29, 1.82) is 0 Å². The van der Waals surface area contributed by atoms with Gasteiger partial charge in [-0.1, -0.05) is 30.7 Å². The maximum Gasteiger partial charge on any atom is 0.254 e. The van der Waals surface area contributed by atoms with E-state index in [1.165, 1.54) is 0 Å². The number of carbonyl (C=O) groups is 1. The minimum Gasteiger partial charge on any atom is -0.419 e. The van der Waals surface area contributed by atoms with E-state index in [1.807, 2.05) is 74.0 Å². The highest BCUT2D eigenvalue weighted by atomic mass is 35.5. The number of amides is 1. The molecule has 0 unspecified atom stereocenters. The van der Waals surface area contributed by atoms with Crippen molar-refractivity contribution in [1.82, 2.24) is 24.9 Å². The zero-order valence-electron chi connectivity index (χ0n) is 18.2. The van der Waals surface area contributed by atoms with Crippen LogP contribution in [0.1, 0.15) is 41.0 Å². The molecule has 0 fully saturated rings. The molecule has 0 N–H and O–H groups in total. The van der Waals surface area contributed by atoms with E-state index < -0.39 is 0 Å². The molecule has 4 aromatic rings. The molecular weight excluding hydrogens is 426 g/mol. The summed E-state index contributed by atoms with van der Waals surface area (Å²) in [5.41, 5.74) is 4.17. The van der Waals surface area contributed by atoms with Crippen LogP contribution in [0.25, 0.3) is 17.1 Å². The fourth-order valence-electron chi connectivity index (χ4n) is 3.56. The van der Waals surface area contributed by atoms with Gasteiger partial charge < -0.3 is 9.32 Å². The Balaban J connectivity index is 1.52. The predicted molar refractivity (Wildman–Crippen MR) is 123 cm³/mol. The number of hydrogen-bond donors (Lipinski definition) is 0. The number of hydrogen-bond acceptors (Lipinski definition) is 5. The number of benzene rings is 2. The molecule has 0 aliphatic rings. The Kier molecular flexibility index (Phi) is 6.37. The maximum absolute atomic E-state index is 13.2. The molecule has 0 atom stereocenters. The van der Waals surface area contributed by atoms with Crippen LogP contribution in [0.3, 0.4) is 0 Å². The van der Waals surface area contributed by atoms with Crippen molar-refractivity contribution < 1.29 is 9.21 Å². The average molecular weight is 450 g/mol. The topological polar surface area (TPSA) is 77.0 Å². The molecule has 0 spiro atoms. The number of nitrogens with zero attached hydrogens (tertiary/aromatic N) is 5. The zero-order chi connectivity index (χ0) is 22.7. The van der Waals surface area contributed by atoms with Gasteiger partial charge >= 0.3 is 0 Å². The van der Waals surface area contributed by atoms with Gasteiger partial charge in [0.15, 0.2) is 0 Å². The third-order valence-electron chi connectivity index (χ3n) is 5.05. The van der Waals surface area contributed by atoms with E-state index in [0.717, 1.165) is 23.5 Å². The zero-order valence-corrected chi connectivity index (χ0v) is 19.0. The summed E-state index contributed by atoms with van der Waals surface area (Å²) in [6.45, 7) is 6.78. The van der Waals surface area contributed by atoms with Gasteiger partial charge in [0.1, 0.15) is 0 Å². The number of rotatable bonds is 7. The quantitative estimate of drug-likeness (QED) is 0.385. The molecule has 4 rings (SSSR count). The van der Waals surface area contributed by atoms with Crippen LogP contribution in [0.15, 0.2) is 59.0 Å². The number of carbonyl (C=O) groups excluding carboxylic acids is 1. The fraction of sp³-hybridized carbons (Fsp3) is 0.250. The van der Waals surface area contributed by atoms with Crippen LogP contribution in [-0.2, 0) is 6.54 Å². The Bertz CT molecular complexity index is 1230. The van der Waals surface area contributed by atoms with E-state index in [4.69, 9.17) is 16.0 Å².